The molecule has 0 aromatic heterocycles. The predicted octanol–water partition coefficient (Wildman–Crippen LogP) is 2.99. The van der Waals surface area contributed by atoms with Crippen molar-refractivity contribution in [1.82, 2.24) is 0 Å². The van der Waals surface area contributed by atoms with Crippen LogP contribution >= 0.6 is 11.8 Å². The number of carboxylic acids is 1. The molecular formula is C14H10N2O2S. The van der Waals surface area contributed by atoms with Crippen molar-refractivity contribution >= 4 is 23.4 Å². The third kappa shape index (κ3) is 3.06. The molecule has 0 aliphatic heterocycles. The molecule has 4 nitrogen and oxygen atoms in total. The van der Waals surface area contributed by atoms with Gasteiger partial charge in [0.25, 0.3) is 0 Å². The van der Waals surface area contributed by atoms with Crippen LogP contribution in [0.1, 0.15) is 15.9 Å². The summed E-state index contributed by atoms with van der Waals surface area (Å²) in [6, 6.07) is 13.9. The molecular weight excluding hydrogens is 260 g/mol. The Kier molecular flexibility index (Phi) is 3.74. The van der Waals surface area contributed by atoms with Crippen LogP contribution in [0, 0.1) is 11.3 Å². The minimum atomic E-state index is -1.10. The lowest BCUT2D eigenvalue weighted by Crippen LogP contribution is -2.00. The fourth-order valence-corrected chi connectivity index (χ4v) is 2.39. The monoisotopic (exact) mass is 270 g/mol. The summed E-state index contributed by atoms with van der Waals surface area (Å²) in [6.45, 7) is 0. The summed E-state index contributed by atoms with van der Waals surface area (Å²) in [4.78, 5) is 12.8. The molecule has 0 aliphatic rings. The number of nitrogen functional groups attached to an aromatic ring is 1. The van der Waals surface area contributed by atoms with Crippen molar-refractivity contribution in [3.05, 3.63) is 53.6 Å². The van der Waals surface area contributed by atoms with Crippen LogP contribution in [0.2, 0.25) is 0 Å². The van der Waals surface area contributed by atoms with Crippen LogP contribution in [-0.2, 0) is 0 Å². The summed E-state index contributed by atoms with van der Waals surface area (Å²) in [5.41, 5.74) is 6.45. The number of nitrogens with zero attached hydrogens (tertiary/aromatic N) is 1. The van der Waals surface area contributed by atoms with Crippen LogP contribution in [0.25, 0.3) is 0 Å². The van der Waals surface area contributed by atoms with Gasteiger partial charge in [-0.3, -0.25) is 0 Å². The number of benzene rings is 2. The first-order chi connectivity index (χ1) is 9.10. The van der Waals surface area contributed by atoms with Crippen LogP contribution in [0.4, 0.5) is 5.69 Å². The molecule has 0 amide bonds. The maximum atomic E-state index is 11.1. The molecule has 2 rings (SSSR count). The summed E-state index contributed by atoms with van der Waals surface area (Å²) in [5, 5.41) is 17.9. The second kappa shape index (κ2) is 5.46. The number of carboxylic acid groups (broad SMARTS) is 1. The van der Waals surface area contributed by atoms with Crippen molar-refractivity contribution < 1.29 is 9.90 Å². The van der Waals surface area contributed by atoms with E-state index in [4.69, 9.17) is 16.1 Å². The minimum Gasteiger partial charge on any atom is -0.478 e. The maximum Gasteiger partial charge on any atom is 0.337 e. The van der Waals surface area contributed by atoms with E-state index in [1.54, 1.807) is 18.2 Å². The van der Waals surface area contributed by atoms with Gasteiger partial charge in [-0.05, 0) is 42.5 Å². The summed E-state index contributed by atoms with van der Waals surface area (Å²) in [5.74, 6) is -1.10. The van der Waals surface area contributed by atoms with Crippen LogP contribution in [0.3, 0.4) is 0 Å². The van der Waals surface area contributed by atoms with Crippen molar-refractivity contribution in [2.45, 2.75) is 9.79 Å². The van der Waals surface area contributed by atoms with Gasteiger partial charge in [0.15, 0.2) is 0 Å². The number of carbonyl (C=O) groups is 1. The Hall–Kier alpha value is -2.45. The molecule has 0 saturated carbocycles. The quantitative estimate of drug-likeness (QED) is 0.837. The number of nitrogens with two attached hydrogens (primary N) is 1. The lowest BCUT2D eigenvalue weighted by Gasteiger charge is -2.04. The standard InChI is InChI=1S/C14H10N2O2S/c15-8-9-1-4-12(7-13(9)14(17)18)19-11-5-2-10(16)3-6-11/h1-7H,16H2,(H,17,18). The summed E-state index contributed by atoms with van der Waals surface area (Å²) in [7, 11) is 0. The normalized spacial score (nSPS) is 9.84. The van der Waals surface area contributed by atoms with Crippen LogP contribution in [0.15, 0.2) is 52.3 Å². The Labute approximate surface area is 114 Å². The van der Waals surface area contributed by atoms with Gasteiger partial charge in [0.1, 0.15) is 6.07 Å². The molecule has 0 bridgehead atoms. The van der Waals surface area contributed by atoms with Crippen molar-refractivity contribution in [3.8, 4) is 6.07 Å². The Balaban J connectivity index is 2.31. The molecule has 0 radical (unpaired) electrons. The average Bonchev–Trinajstić information content (AvgIpc) is 2.41. The SMILES string of the molecule is N#Cc1ccc(Sc2ccc(N)cc2)cc1C(=O)O. The second-order valence-corrected chi connectivity index (χ2v) is 4.94. The summed E-state index contributed by atoms with van der Waals surface area (Å²) >= 11 is 1.42. The molecule has 94 valence electrons. The van der Waals surface area contributed by atoms with E-state index in [-0.39, 0.29) is 11.1 Å². The first-order valence-electron chi connectivity index (χ1n) is 5.41. The zero-order chi connectivity index (χ0) is 13.8. The van der Waals surface area contributed by atoms with E-state index < -0.39 is 5.97 Å². The Bertz CT molecular complexity index is 660. The van der Waals surface area contributed by atoms with Crippen molar-refractivity contribution in [1.29, 1.82) is 5.26 Å². The molecule has 3 N–H and O–H groups in total. The molecule has 0 atom stereocenters. The van der Waals surface area contributed by atoms with Crippen molar-refractivity contribution in [3.63, 3.8) is 0 Å². The summed E-state index contributed by atoms with van der Waals surface area (Å²) in [6.07, 6.45) is 0. The van der Waals surface area contributed by atoms with Gasteiger partial charge >= 0.3 is 5.97 Å². The molecule has 0 spiro atoms. The molecule has 2 aromatic rings. The van der Waals surface area contributed by atoms with E-state index in [0.717, 1.165) is 9.79 Å². The molecule has 0 heterocycles. The molecule has 2 aromatic carbocycles. The highest BCUT2D eigenvalue weighted by Crippen LogP contribution is 2.29. The van der Waals surface area contributed by atoms with Gasteiger partial charge in [-0.15, -0.1) is 0 Å². The molecule has 0 unspecified atom stereocenters. The van der Waals surface area contributed by atoms with Crippen molar-refractivity contribution in [2.75, 3.05) is 5.73 Å². The molecule has 0 fully saturated rings. The third-order valence-electron chi connectivity index (χ3n) is 2.46. The number of hydrogen-bond donors (Lipinski definition) is 2. The fraction of sp³-hybridized carbons (Fsp3) is 0. The van der Waals surface area contributed by atoms with Gasteiger partial charge in [-0.2, -0.15) is 5.26 Å². The zero-order valence-electron chi connectivity index (χ0n) is 9.83. The van der Waals surface area contributed by atoms with E-state index >= 15 is 0 Å². The molecule has 5 heteroatoms. The Morgan fingerprint density at radius 3 is 2.37 bits per heavy atom. The maximum absolute atomic E-state index is 11.1. The highest BCUT2D eigenvalue weighted by Gasteiger charge is 2.11. The first-order valence-corrected chi connectivity index (χ1v) is 6.22. The van der Waals surface area contributed by atoms with Gasteiger partial charge in [0.2, 0.25) is 0 Å². The van der Waals surface area contributed by atoms with E-state index in [1.807, 2.05) is 18.2 Å². The second-order valence-electron chi connectivity index (χ2n) is 3.80. The predicted molar refractivity (Wildman–Crippen MR) is 73.1 cm³/mol. The summed E-state index contributed by atoms with van der Waals surface area (Å²) < 4.78 is 0. The molecule has 19 heavy (non-hydrogen) atoms. The third-order valence-corrected chi connectivity index (χ3v) is 3.46. The minimum absolute atomic E-state index is 0.0166. The smallest absolute Gasteiger partial charge is 0.337 e. The number of aromatic carboxylic acids is 1. The van der Waals surface area contributed by atoms with E-state index in [2.05, 4.69) is 0 Å². The number of anilines is 1. The number of nitriles is 1. The van der Waals surface area contributed by atoms with E-state index in [0.29, 0.717) is 5.69 Å². The molecule has 0 saturated heterocycles. The first kappa shape index (κ1) is 13.0. The highest BCUT2D eigenvalue weighted by molar-refractivity contribution is 7.99. The van der Waals surface area contributed by atoms with Crippen LogP contribution in [-0.4, -0.2) is 11.1 Å². The van der Waals surface area contributed by atoms with Gasteiger partial charge in [-0.1, -0.05) is 11.8 Å². The topological polar surface area (TPSA) is 87.1 Å². The number of rotatable bonds is 3. The van der Waals surface area contributed by atoms with Gasteiger partial charge in [0.05, 0.1) is 11.1 Å². The largest absolute Gasteiger partial charge is 0.478 e. The lowest BCUT2D eigenvalue weighted by atomic mass is 10.1. The fourth-order valence-electron chi connectivity index (χ4n) is 1.53. The molecule has 0 aliphatic carbocycles. The van der Waals surface area contributed by atoms with Gasteiger partial charge < -0.3 is 10.8 Å². The Morgan fingerprint density at radius 1 is 1.16 bits per heavy atom. The van der Waals surface area contributed by atoms with E-state index in [9.17, 15) is 4.79 Å². The van der Waals surface area contributed by atoms with E-state index in [1.165, 1.54) is 23.9 Å². The Morgan fingerprint density at radius 2 is 1.79 bits per heavy atom. The van der Waals surface area contributed by atoms with Gasteiger partial charge in [0, 0.05) is 15.5 Å². The van der Waals surface area contributed by atoms with Crippen LogP contribution in [0.5, 0.6) is 0 Å². The van der Waals surface area contributed by atoms with Crippen LogP contribution < -0.4 is 5.73 Å². The zero-order valence-corrected chi connectivity index (χ0v) is 10.6. The lowest BCUT2D eigenvalue weighted by molar-refractivity contribution is 0.0696. The number of hydrogen-bond acceptors (Lipinski definition) is 4. The highest BCUT2D eigenvalue weighted by atomic mass is 32.2. The van der Waals surface area contributed by atoms with Gasteiger partial charge in [-0.25, -0.2) is 4.79 Å². The van der Waals surface area contributed by atoms with Crippen molar-refractivity contribution in [2.24, 2.45) is 0 Å². The average molecular weight is 270 g/mol.